The van der Waals surface area contributed by atoms with Crippen LogP contribution in [-0.4, -0.2) is 39.8 Å². The van der Waals surface area contributed by atoms with Crippen molar-refractivity contribution in [3.63, 3.8) is 0 Å². The molecule has 0 fully saturated rings. The van der Waals surface area contributed by atoms with E-state index in [-0.39, 0.29) is 17.5 Å². The molecule has 0 amide bonds. The lowest BCUT2D eigenvalue weighted by molar-refractivity contribution is 0.845. The second-order valence-corrected chi connectivity index (χ2v) is 10.5. The Bertz CT molecular complexity index is 737. The van der Waals surface area contributed by atoms with Gasteiger partial charge in [-0.15, -0.1) is 23.2 Å². The maximum atomic E-state index is 5.95. The third-order valence-electron chi connectivity index (χ3n) is 3.34. The van der Waals surface area contributed by atoms with Gasteiger partial charge in [0.1, 0.15) is 0 Å². The SMILES string of the molecule is ClCCN(CCCl)c1ccccc1-c1nc(C(Cl)(Cl)Cl)nc(C(Cl)(Cl)Cl)n1. The van der Waals surface area contributed by atoms with E-state index in [1.165, 1.54) is 0 Å². The van der Waals surface area contributed by atoms with Crippen LogP contribution < -0.4 is 4.90 Å². The normalized spacial score (nSPS) is 12.3. The average molecular weight is 532 g/mol. The van der Waals surface area contributed by atoms with E-state index in [0.29, 0.717) is 30.4 Å². The molecule has 0 aliphatic carbocycles. The summed E-state index contributed by atoms with van der Waals surface area (Å²) < 4.78 is -3.85. The van der Waals surface area contributed by atoms with E-state index in [1.807, 2.05) is 23.1 Å². The van der Waals surface area contributed by atoms with Gasteiger partial charge in [0, 0.05) is 36.1 Å². The lowest BCUT2D eigenvalue weighted by Gasteiger charge is -2.25. The van der Waals surface area contributed by atoms with Crippen LogP contribution in [0.3, 0.4) is 0 Å². The Hall–Kier alpha value is 0.350. The Morgan fingerprint density at radius 1 is 0.741 bits per heavy atom. The molecule has 27 heavy (non-hydrogen) atoms. The first-order valence-corrected chi connectivity index (χ1v) is 10.8. The minimum Gasteiger partial charge on any atom is -0.369 e. The summed E-state index contributed by atoms with van der Waals surface area (Å²) in [6, 6.07) is 7.35. The largest absolute Gasteiger partial charge is 0.369 e. The van der Waals surface area contributed by atoms with Crippen LogP contribution in [0.1, 0.15) is 11.6 Å². The van der Waals surface area contributed by atoms with Crippen LogP contribution in [-0.2, 0) is 7.59 Å². The highest BCUT2D eigenvalue weighted by Gasteiger charge is 2.34. The molecule has 0 saturated heterocycles. The molecular weight excluding hydrogens is 520 g/mol. The second kappa shape index (κ2) is 9.90. The summed E-state index contributed by atoms with van der Waals surface area (Å²) in [4.78, 5) is 14.5. The van der Waals surface area contributed by atoms with Gasteiger partial charge < -0.3 is 4.90 Å². The van der Waals surface area contributed by atoms with E-state index in [9.17, 15) is 0 Å². The number of halogens is 8. The first-order valence-electron chi connectivity index (χ1n) is 7.44. The van der Waals surface area contributed by atoms with Gasteiger partial charge in [-0.2, -0.15) is 0 Å². The van der Waals surface area contributed by atoms with Crippen molar-refractivity contribution in [1.82, 2.24) is 15.0 Å². The van der Waals surface area contributed by atoms with Crippen LogP contribution in [0, 0.1) is 0 Å². The molecule has 0 spiro atoms. The number of benzene rings is 1. The summed E-state index contributed by atoms with van der Waals surface area (Å²) in [7, 11) is 0. The molecule has 0 aliphatic heterocycles. The maximum Gasteiger partial charge on any atom is 0.250 e. The predicted octanol–water partition coefficient (Wildman–Crippen LogP) is 6.48. The highest BCUT2D eigenvalue weighted by Crippen LogP contribution is 2.41. The number of hydrogen-bond acceptors (Lipinski definition) is 4. The van der Waals surface area contributed by atoms with Crippen molar-refractivity contribution in [3.8, 4) is 11.4 Å². The van der Waals surface area contributed by atoms with Gasteiger partial charge in [0.15, 0.2) is 17.5 Å². The van der Waals surface area contributed by atoms with E-state index in [4.69, 9.17) is 92.8 Å². The lowest BCUT2D eigenvalue weighted by atomic mass is 10.1. The van der Waals surface area contributed by atoms with Crippen molar-refractivity contribution < 1.29 is 0 Å². The quantitative estimate of drug-likeness (QED) is 0.400. The molecule has 2 aromatic rings. The number of hydrogen-bond donors (Lipinski definition) is 0. The minimum absolute atomic E-state index is 0.158. The Balaban J connectivity index is 2.67. The van der Waals surface area contributed by atoms with Gasteiger partial charge in [0.2, 0.25) is 7.59 Å². The van der Waals surface area contributed by atoms with Gasteiger partial charge >= 0.3 is 0 Å². The number of anilines is 1. The standard InChI is InChI=1S/C15H12Cl8N4/c16-5-7-27(8-6-17)10-4-2-1-3-9(10)11-24-12(14(18,19)20)26-13(25-11)15(21,22)23/h1-4H,5-8H2. The Labute approximate surface area is 197 Å². The number of para-hydroxylation sites is 1. The molecule has 1 aromatic carbocycles. The first-order chi connectivity index (χ1) is 12.6. The van der Waals surface area contributed by atoms with Gasteiger partial charge in [-0.25, -0.2) is 15.0 Å². The van der Waals surface area contributed by atoms with Crippen molar-refractivity contribution in [1.29, 1.82) is 0 Å². The maximum absolute atomic E-state index is 5.95. The zero-order chi connectivity index (χ0) is 20.2. The van der Waals surface area contributed by atoms with Crippen LogP contribution in [0.5, 0.6) is 0 Å². The Kier molecular flexibility index (Phi) is 8.67. The van der Waals surface area contributed by atoms with Crippen molar-refractivity contribution in [3.05, 3.63) is 35.9 Å². The molecule has 0 aliphatic rings. The summed E-state index contributed by atoms with van der Waals surface area (Å²) in [5, 5.41) is 0. The molecule has 0 bridgehead atoms. The first kappa shape index (κ1) is 23.6. The summed E-state index contributed by atoms with van der Waals surface area (Å²) in [5.74, 6) is 0.685. The summed E-state index contributed by atoms with van der Waals surface area (Å²) in [6.45, 7) is 1.12. The van der Waals surface area contributed by atoms with Gasteiger partial charge in [-0.3, -0.25) is 0 Å². The number of alkyl halides is 8. The molecule has 0 radical (unpaired) electrons. The molecule has 0 N–H and O–H groups in total. The van der Waals surface area contributed by atoms with Crippen molar-refractivity contribution in [2.24, 2.45) is 0 Å². The molecule has 12 heteroatoms. The van der Waals surface area contributed by atoms with Gasteiger partial charge in [0.05, 0.1) is 0 Å². The molecule has 0 atom stereocenters. The average Bonchev–Trinajstić information content (AvgIpc) is 2.60. The summed E-state index contributed by atoms with van der Waals surface area (Å²) in [6.07, 6.45) is 0. The van der Waals surface area contributed by atoms with Crippen molar-refractivity contribution in [2.45, 2.75) is 7.59 Å². The highest BCUT2D eigenvalue weighted by atomic mass is 35.6. The third-order valence-corrected chi connectivity index (χ3v) is 4.69. The fraction of sp³-hybridized carbons (Fsp3) is 0.400. The van der Waals surface area contributed by atoms with Gasteiger partial charge in [-0.1, -0.05) is 81.7 Å². The highest BCUT2D eigenvalue weighted by molar-refractivity contribution is 6.67. The van der Waals surface area contributed by atoms with Crippen LogP contribution in [0.2, 0.25) is 0 Å². The lowest BCUT2D eigenvalue weighted by Crippen LogP contribution is -2.28. The van der Waals surface area contributed by atoms with Gasteiger partial charge in [-0.05, 0) is 12.1 Å². The predicted molar refractivity (Wildman–Crippen MR) is 117 cm³/mol. The number of aromatic nitrogens is 3. The van der Waals surface area contributed by atoms with Crippen LogP contribution in [0.4, 0.5) is 5.69 Å². The third kappa shape index (κ3) is 6.42. The van der Waals surface area contributed by atoms with E-state index in [1.54, 1.807) is 6.07 Å². The number of nitrogens with zero attached hydrogens (tertiary/aromatic N) is 4. The van der Waals surface area contributed by atoms with Crippen LogP contribution in [0.15, 0.2) is 24.3 Å². The molecule has 2 rings (SSSR count). The van der Waals surface area contributed by atoms with E-state index >= 15 is 0 Å². The van der Waals surface area contributed by atoms with Crippen molar-refractivity contribution in [2.75, 3.05) is 29.7 Å². The van der Waals surface area contributed by atoms with E-state index in [2.05, 4.69) is 15.0 Å². The number of rotatable bonds is 6. The smallest absolute Gasteiger partial charge is 0.250 e. The zero-order valence-electron chi connectivity index (χ0n) is 13.5. The minimum atomic E-state index is -1.93. The summed E-state index contributed by atoms with van der Waals surface area (Å²) >= 11 is 47.5. The van der Waals surface area contributed by atoms with Crippen LogP contribution >= 0.6 is 92.8 Å². The fourth-order valence-electron chi connectivity index (χ4n) is 2.25. The molecule has 4 nitrogen and oxygen atoms in total. The second-order valence-electron chi connectivity index (χ2n) is 5.18. The molecule has 148 valence electrons. The molecule has 0 saturated carbocycles. The van der Waals surface area contributed by atoms with Crippen molar-refractivity contribution >= 4 is 98.5 Å². The zero-order valence-corrected chi connectivity index (χ0v) is 19.5. The molecule has 0 unspecified atom stereocenters. The monoisotopic (exact) mass is 528 g/mol. The van der Waals surface area contributed by atoms with E-state index in [0.717, 1.165) is 5.69 Å². The molecule has 1 heterocycles. The Morgan fingerprint density at radius 3 is 1.67 bits per heavy atom. The fourth-order valence-corrected chi connectivity index (χ4v) is 3.16. The molecule has 1 aromatic heterocycles. The van der Waals surface area contributed by atoms with E-state index < -0.39 is 7.59 Å². The molecular formula is C15H12Cl8N4. The summed E-state index contributed by atoms with van der Waals surface area (Å²) in [5.41, 5.74) is 1.41. The van der Waals surface area contributed by atoms with Crippen LogP contribution in [0.25, 0.3) is 11.4 Å². The van der Waals surface area contributed by atoms with Gasteiger partial charge in [0.25, 0.3) is 0 Å². The Morgan fingerprint density at radius 2 is 1.22 bits per heavy atom. The topological polar surface area (TPSA) is 41.9 Å².